The third-order valence-electron chi connectivity index (χ3n) is 4.87. The predicted molar refractivity (Wildman–Crippen MR) is 79.0 cm³/mol. The van der Waals surface area contributed by atoms with Crippen LogP contribution in [0.2, 0.25) is 0 Å². The number of nitrogens with zero attached hydrogens (tertiary/aromatic N) is 1. The average molecular weight is 339 g/mol. The molecule has 0 amide bonds. The lowest BCUT2D eigenvalue weighted by Gasteiger charge is -2.31. The van der Waals surface area contributed by atoms with Crippen LogP contribution in [-0.2, 0) is 14.8 Å². The summed E-state index contributed by atoms with van der Waals surface area (Å²) < 4.78 is 38.0. The second kappa shape index (κ2) is 5.10. The van der Waals surface area contributed by atoms with Gasteiger partial charge in [0.05, 0.1) is 4.90 Å². The minimum absolute atomic E-state index is 0.0561. The topological polar surface area (TPSA) is 93.1 Å². The highest BCUT2D eigenvalue weighted by atomic mass is 32.2. The third-order valence-corrected chi connectivity index (χ3v) is 6.80. The quantitative estimate of drug-likeness (QED) is 0.886. The zero-order chi connectivity index (χ0) is 16.2. The highest BCUT2D eigenvalue weighted by Crippen LogP contribution is 2.46. The van der Waals surface area contributed by atoms with Gasteiger partial charge in [-0.2, -0.15) is 4.31 Å². The first-order valence-electron chi connectivity index (χ1n) is 7.64. The maximum Gasteiger partial charge on any atom is 0.322 e. The van der Waals surface area contributed by atoms with Gasteiger partial charge < -0.3 is 14.6 Å². The van der Waals surface area contributed by atoms with Gasteiger partial charge in [-0.15, -0.1) is 0 Å². The summed E-state index contributed by atoms with van der Waals surface area (Å²) in [6.45, 7) is 0.790. The Morgan fingerprint density at radius 3 is 2.65 bits per heavy atom. The van der Waals surface area contributed by atoms with Crippen molar-refractivity contribution in [2.24, 2.45) is 5.92 Å². The van der Waals surface area contributed by atoms with Gasteiger partial charge in [-0.1, -0.05) is 0 Å². The lowest BCUT2D eigenvalue weighted by molar-refractivity contribution is -0.142. The highest BCUT2D eigenvalue weighted by molar-refractivity contribution is 7.89. The Hall–Kier alpha value is -1.80. The summed E-state index contributed by atoms with van der Waals surface area (Å²) in [4.78, 5) is 11.6. The number of sulfonamides is 1. The second-order valence-electron chi connectivity index (χ2n) is 6.15. The van der Waals surface area contributed by atoms with E-state index in [-0.39, 0.29) is 16.9 Å². The second-order valence-corrected chi connectivity index (χ2v) is 7.99. The van der Waals surface area contributed by atoms with Gasteiger partial charge in [-0.05, 0) is 37.3 Å². The lowest BCUT2D eigenvalue weighted by atomic mass is 10.0. The van der Waals surface area contributed by atoms with E-state index in [0.717, 1.165) is 12.8 Å². The van der Waals surface area contributed by atoms with Crippen molar-refractivity contribution in [1.29, 1.82) is 0 Å². The molecule has 0 spiro atoms. The molecule has 2 fully saturated rings. The molecule has 8 heteroatoms. The van der Waals surface area contributed by atoms with E-state index >= 15 is 0 Å². The number of benzene rings is 1. The van der Waals surface area contributed by atoms with Gasteiger partial charge in [0.25, 0.3) is 0 Å². The lowest BCUT2D eigenvalue weighted by Crippen LogP contribution is -2.48. The zero-order valence-corrected chi connectivity index (χ0v) is 13.2. The molecular weight excluding hydrogens is 322 g/mol. The number of ether oxygens (including phenoxy) is 2. The number of fused-ring (bicyclic) bond motifs is 3. The molecule has 2 heterocycles. The Morgan fingerprint density at radius 1 is 1.17 bits per heavy atom. The maximum absolute atomic E-state index is 13.0. The predicted octanol–water partition coefficient (Wildman–Crippen LogP) is 1.08. The molecular formula is C15H17NO6S. The molecule has 23 heavy (non-hydrogen) atoms. The number of hydrogen-bond donors (Lipinski definition) is 1. The molecule has 2 aliphatic heterocycles. The van der Waals surface area contributed by atoms with Gasteiger partial charge in [0.15, 0.2) is 11.5 Å². The molecule has 7 nitrogen and oxygen atoms in total. The number of hydrogen-bond acceptors (Lipinski definition) is 5. The van der Waals surface area contributed by atoms with Crippen LogP contribution in [0.5, 0.6) is 11.5 Å². The summed E-state index contributed by atoms with van der Waals surface area (Å²) in [5.41, 5.74) is 0. The number of carbonyl (C=O) groups is 1. The SMILES string of the molecule is O=C(O)[C@H]1[C@H]2CC[C@@H](C2)N1S(=O)(=O)c1ccc2c(c1)OCCO2. The van der Waals surface area contributed by atoms with Gasteiger partial charge in [-0.3, -0.25) is 4.79 Å². The van der Waals surface area contributed by atoms with Crippen LogP contribution in [0.4, 0.5) is 0 Å². The van der Waals surface area contributed by atoms with Crippen molar-refractivity contribution in [3.8, 4) is 11.5 Å². The first-order valence-corrected chi connectivity index (χ1v) is 9.08. The molecule has 0 radical (unpaired) electrons. The summed E-state index contributed by atoms with van der Waals surface area (Å²) in [5.74, 6) is -0.274. The highest BCUT2D eigenvalue weighted by Gasteiger charge is 2.54. The van der Waals surface area contributed by atoms with Crippen molar-refractivity contribution in [3.05, 3.63) is 18.2 Å². The molecule has 3 atom stereocenters. The van der Waals surface area contributed by atoms with Crippen molar-refractivity contribution in [2.45, 2.75) is 36.2 Å². The van der Waals surface area contributed by atoms with Crippen molar-refractivity contribution < 1.29 is 27.8 Å². The summed E-state index contributed by atoms with van der Waals surface area (Å²) in [5, 5.41) is 9.46. The summed E-state index contributed by atoms with van der Waals surface area (Å²) >= 11 is 0. The molecule has 1 saturated heterocycles. The Labute approximate surface area is 133 Å². The molecule has 0 aromatic heterocycles. The first-order chi connectivity index (χ1) is 11.0. The van der Waals surface area contributed by atoms with Gasteiger partial charge in [-0.25, -0.2) is 8.42 Å². The van der Waals surface area contributed by atoms with E-state index < -0.39 is 22.0 Å². The minimum atomic E-state index is -3.88. The van der Waals surface area contributed by atoms with Crippen LogP contribution < -0.4 is 9.47 Å². The fourth-order valence-corrected chi connectivity index (χ4v) is 5.79. The number of piperidine rings is 1. The van der Waals surface area contributed by atoms with E-state index in [4.69, 9.17) is 9.47 Å². The van der Waals surface area contributed by atoms with Crippen LogP contribution in [-0.4, -0.2) is 49.1 Å². The Kier molecular flexibility index (Phi) is 3.28. The van der Waals surface area contributed by atoms with Crippen LogP contribution in [0.15, 0.2) is 23.1 Å². The average Bonchev–Trinajstić information content (AvgIpc) is 3.15. The maximum atomic E-state index is 13.0. The number of rotatable bonds is 3. The molecule has 0 unspecified atom stereocenters. The van der Waals surface area contributed by atoms with Crippen LogP contribution in [0.1, 0.15) is 19.3 Å². The van der Waals surface area contributed by atoms with E-state index in [9.17, 15) is 18.3 Å². The Bertz CT molecular complexity index is 761. The van der Waals surface area contributed by atoms with E-state index in [0.29, 0.717) is 31.1 Å². The monoisotopic (exact) mass is 339 g/mol. The Morgan fingerprint density at radius 2 is 1.91 bits per heavy atom. The molecule has 1 saturated carbocycles. The molecule has 1 aromatic rings. The molecule has 2 bridgehead atoms. The van der Waals surface area contributed by atoms with Crippen LogP contribution in [0.3, 0.4) is 0 Å². The number of carboxylic acid groups (broad SMARTS) is 1. The molecule has 4 rings (SSSR count). The largest absolute Gasteiger partial charge is 0.486 e. The molecule has 124 valence electrons. The standard InChI is InChI=1S/C15H17NO6S/c17-15(18)14-9-1-2-10(7-9)16(14)23(19,20)11-3-4-12-13(8-11)22-6-5-21-12/h3-4,8-10,14H,1-2,5-7H2,(H,17,18)/t9-,10-,14+/m0/s1. The molecule has 1 aromatic carbocycles. The van der Waals surface area contributed by atoms with Gasteiger partial charge in [0.1, 0.15) is 19.3 Å². The smallest absolute Gasteiger partial charge is 0.322 e. The normalized spacial score (nSPS) is 29.7. The van der Waals surface area contributed by atoms with Crippen molar-refractivity contribution in [2.75, 3.05) is 13.2 Å². The van der Waals surface area contributed by atoms with Crippen molar-refractivity contribution in [1.82, 2.24) is 4.31 Å². The first kappa shape index (κ1) is 14.8. The zero-order valence-electron chi connectivity index (χ0n) is 12.3. The number of aliphatic carboxylic acids is 1. The van der Waals surface area contributed by atoms with E-state index in [1.54, 1.807) is 6.07 Å². The molecule has 1 N–H and O–H groups in total. The number of carboxylic acids is 1. The molecule has 3 aliphatic rings. The summed E-state index contributed by atoms with van der Waals surface area (Å²) in [7, 11) is -3.88. The van der Waals surface area contributed by atoms with Crippen LogP contribution in [0.25, 0.3) is 0 Å². The summed E-state index contributed by atoms with van der Waals surface area (Å²) in [6, 6.07) is 3.25. The van der Waals surface area contributed by atoms with Gasteiger partial charge >= 0.3 is 5.97 Å². The van der Waals surface area contributed by atoms with E-state index in [1.807, 2.05) is 0 Å². The van der Waals surface area contributed by atoms with E-state index in [2.05, 4.69) is 0 Å². The Balaban J connectivity index is 1.74. The summed E-state index contributed by atoms with van der Waals surface area (Å²) in [6.07, 6.45) is 2.12. The third kappa shape index (κ3) is 2.20. The van der Waals surface area contributed by atoms with Crippen molar-refractivity contribution in [3.63, 3.8) is 0 Å². The minimum Gasteiger partial charge on any atom is -0.486 e. The van der Waals surface area contributed by atoms with Gasteiger partial charge in [0, 0.05) is 12.1 Å². The fourth-order valence-electron chi connectivity index (χ4n) is 3.91. The fraction of sp³-hybridized carbons (Fsp3) is 0.533. The van der Waals surface area contributed by atoms with Crippen LogP contribution in [0, 0.1) is 5.92 Å². The van der Waals surface area contributed by atoms with Gasteiger partial charge in [0.2, 0.25) is 10.0 Å². The van der Waals surface area contributed by atoms with Crippen molar-refractivity contribution >= 4 is 16.0 Å². The molecule has 1 aliphatic carbocycles. The van der Waals surface area contributed by atoms with Crippen LogP contribution >= 0.6 is 0 Å². The van der Waals surface area contributed by atoms with E-state index in [1.165, 1.54) is 16.4 Å².